The molecule has 7 nitrogen and oxygen atoms in total. The first-order chi connectivity index (χ1) is 11.1. The molecule has 0 aromatic heterocycles. The summed E-state index contributed by atoms with van der Waals surface area (Å²) in [6.45, 7) is 7.85. The van der Waals surface area contributed by atoms with Crippen molar-refractivity contribution in [2.24, 2.45) is 0 Å². The molecule has 0 saturated heterocycles. The number of likely N-dealkylation sites (N-methyl/N-ethyl adjacent to an activating group) is 1. The predicted molar refractivity (Wildman–Crippen MR) is 86.6 cm³/mol. The Bertz CT molecular complexity index is 457. The molecule has 0 fully saturated rings. The first-order valence-corrected chi connectivity index (χ1v) is 7.86. The summed E-state index contributed by atoms with van der Waals surface area (Å²) >= 11 is 0. The molecular weight excluding hydrogens is 340 g/mol. The van der Waals surface area contributed by atoms with Crippen LogP contribution in [0.15, 0.2) is 0 Å². The van der Waals surface area contributed by atoms with Crippen LogP contribution in [0.3, 0.4) is 0 Å². The number of amides is 1. The second-order valence-corrected chi connectivity index (χ2v) is 7.74. The third kappa shape index (κ3) is 10.8. The van der Waals surface area contributed by atoms with Gasteiger partial charge >= 0.3 is 12.2 Å². The summed E-state index contributed by atoms with van der Waals surface area (Å²) in [5, 5.41) is 8.76. The van der Waals surface area contributed by atoms with Gasteiger partial charge < -0.3 is 24.2 Å². The highest BCUT2D eigenvalue weighted by atomic mass is 19.3. The van der Waals surface area contributed by atoms with E-state index in [1.165, 1.54) is 7.05 Å². The fourth-order valence-corrected chi connectivity index (χ4v) is 1.64. The summed E-state index contributed by atoms with van der Waals surface area (Å²) in [6, 6.07) is -1.20. The van der Waals surface area contributed by atoms with Crippen molar-refractivity contribution in [1.82, 2.24) is 4.90 Å². The van der Waals surface area contributed by atoms with E-state index in [2.05, 4.69) is 0 Å². The van der Waals surface area contributed by atoms with Crippen molar-refractivity contribution in [3.8, 4) is 0 Å². The molecule has 0 aromatic carbocycles. The molecule has 1 N–H and O–H groups in total. The van der Waals surface area contributed by atoms with Crippen LogP contribution < -0.4 is 0 Å². The first-order valence-electron chi connectivity index (χ1n) is 7.86. The Balaban J connectivity index is 5.04. The number of halogens is 2. The van der Waals surface area contributed by atoms with Crippen LogP contribution in [0.4, 0.5) is 18.4 Å². The number of carbonyl (C=O) groups is 2. The molecule has 9 heteroatoms. The number of ether oxygens (including phenoxy) is 3. The molecular formula is C16H29F2NO6. The van der Waals surface area contributed by atoms with Gasteiger partial charge in [-0.25, -0.2) is 18.4 Å². The van der Waals surface area contributed by atoms with Gasteiger partial charge in [0, 0.05) is 13.5 Å². The summed E-state index contributed by atoms with van der Waals surface area (Å²) in [5.41, 5.74) is -1.62. The Hall–Kier alpha value is -1.64. The van der Waals surface area contributed by atoms with E-state index in [1.807, 2.05) is 0 Å². The predicted octanol–water partition coefficient (Wildman–Crippen LogP) is 3.19. The maximum atomic E-state index is 13.6. The van der Waals surface area contributed by atoms with Crippen molar-refractivity contribution < 1.29 is 37.7 Å². The van der Waals surface area contributed by atoms with Gasteiger partial charge in [-0.15, -0.1) is 0 Å². The number of aliphatic hydroxyl groups is 1. The maximum absolute atomic E-state index is 13.6. The van der Waals surface area contributed by atoms with Crippen molar-refractivity contribution >= 4 is 12.2 Å². The van der Waals surface area contributed by atoms with Crippen LogP contribution in [0, 0.1) is 0 Å². The molecule has 0 aliphatic heterocycles. The van der Waals surface area contributed by atoms with Gasteiger partial charge in [0.15, 0.2) is 0 Å². The van der Waals surface area contributed by atoms with Gasteiger partial charge in [0.1, 0.15) is 24.4 Å². The standard InChI is InChI=1S/C16H29F2NO6/c1-14(2,3)24-12(21)19(7)11(8-16(17,18)10-20)9-23-13(22)25-15(4,5)6/h11,20H,8-10H2,1-7H3/t11-/m0/s1. The molecule has 0 radical (unpaired) electrons. The van der Waals surface area contributed by atoms with Crippen LogP contribution in [-0.2, 0) is 14.2 Å². The summed E-state index contributed by atoms with van der Waals surface area (Å²) in [5.74, 6) is -3.45. The van der Waals surface area contributed by atoms with Crippen LogP contribution in [0.25, 0.3) is 0 Å². The Kier molecular flexibility index (Phi) is 8.07. The van der Waals surface area contributed by atoms with Crippen LogP contribution in [-0.4, -0.2) is 65.7 Å². The highest BCUT2D eigenvalue weighted by molar-refractivity contribution is 5.68. The average Bonchev–Trinajstić information content (AvgIpc) is 2.38. The van der Waals surface area contributed by atoms with E-state index in [1.54, 1.807) is 41.5 Å². The summed E-state index contributed by atoms with van der Waals surface area (Å²) in [4.78, 5) is 24.6. The monoisotopic (exact) mass is 369 g/mol. The fourth-order valence-electron chi connectivity index (χ4n) is 1.64. The topological polar surface area (TPSA) is 85.3 Å². The Morgan fingerprint density at radius 3 is 1.92 bits per heavy atom. The minimum absolute atomic E-state index is 0.528. The van der Waals surface area contributed by atoms with Crippen LogP contribution >= 0.6 is 0 Å². The van der Waals surface area contributed by atoms with Gasteiger partial charge in [0.25, 0.3) is 5.92 Å². The summed E-state index contributed by atoms with van der Waals surface area (Å²) in [6.07, 6.45) is -2.79. The Labute approximate surface area is 147 Å². The Morgan fingerprint density at radius 2 is 1.52 bits per heavy atom. The van der Waals surface area contributed by atoms with Crippen LogP contribution in [0.2, 0.25) is 0 Å². The van der Waals surface area contributed by atoms with Gasteiger partial charge in [-0.2, -0.15) is 0 Å². The van der Waals surface area contributed by atoms with E-state index in [9.17, 15) is 18.4 Å². The van der Waals surface area contributed by atoms with E-state index in [0.717, 1.165) is 4.90 Å². The van der Waals surface area contributed by atoms with Crippen molar-refractivity contribution in [3.05, 3.63) is 0 Å². The highest BCUT2D eigenvalue weighted by Crippen LogP contribution is 2.23. The second-order valence-electron chi connectivity index (χ2n) is 7.74. The largest absolute Gasteiger partial charge is 0.508 e. The first kappa shape index (κ1) is 23.4. The number of hydrogen-bond donors (Lipinski definition) is 1. The summed E-state index contributed by atoms with van der Waals surface area (Å²) < 4.78 is 42.0. The number of hydrogen-bond acceptors (Lipinski definition) is 6. The minimum atomic E-state index is -3.45. The van der Waals surface area contributed by atoms with Crippen molar-refractivity contribution in [3.63, 3.8) is 0 Å². The molecule has 0 spiro atoms. The lowest BCUT2D eigenvalue weighted by Crippen LogP contribution is -2.46. The zero-order valence-electron chi connectivity index (χ0n) is 15.9. The molecule has 0 heterocycles. The minimum Gasteiger partial charge on any atom is -0.444 e. The number of nitrogens with zero attached hydrogens (tertiary/aromatic N) is 1. The third-order valence-electron chi connectivity index (χ3n) is 2.78. The van der Waals surface area contributed by atoms with E-state index >= 15 is 0 Å². The second kappa shape index (κ2) is 8.64. The molecule has 0 unspecified atom stereocenters. The van der Waals surface area contributed by atoms with E-state index < -0.39 is 55.0 Å². The van der Waals surface area contributed by atoms with E-state index in [-0.39, 0.29) is 0 Å². The summed E-state index contributed by atoms with van der Waals surface area (Å²) in [7, 11) is 1.25. The molecule has 148 valence electrons. The number of aliphatic hydroxyl groups excluding tert-OH is 1. The van der Waals surface area contributed by atoms with Gasteiger partial charge in [-0.3, -0.25) is 0 Å². The molecule has 0 aromatic rings. The van der Waals surface area contributed by atoms with Crippen molar-refractivity contribution in [2.45, 2.75) is 71.1 Å². The molecule has 1 atom stereocenters. The lowest BCUT2D eigenvalue weighted by Gasteiger charge is -2.32. The number of rotatable bonds is 6. The fraction of sp³-hybridized carbons (Fsp3) is 0.875. The molecule has 25 heavy (non-hydrogen) atoms. The van der Waals surface area contributed by atoms with Gasteiger partial charge in [-0.1, -0.05) is 0 Å². The van der Waals surface area contributed by atoms with E-state index in [4.69, 9.17) is 19.3 Å². The smallest absolute Gasteiger partial charge is 0.444 e. The van der Waals surface area contributed by atoms with Crippen LogP contribution in [0.1, 0.15) is 48.0 Å². The van der Waals surface area contributed by atoms with Crippen LogP contribution in [0.5, 0.6) is 0 Å². The van der Waals surface area contributed by atoms with E-state index in [0.29, 0.717) is 0 Å². The van der Waals surface area contributed by atoms with Gasteiger partial charge in [0.05, 0.1) is 6.04 Å². The van der Waals surface area contributed by atoms with Gasteiger partial charge in [0.2, 0.25) is 0 Å². The normalized spacial score (nSPS) is 13.8. The zero-order valence-corrected chi connectivity index (χ0v) is 15.9. The molecule has 0 aliphatic carbocycles. The highest BCUT2D eigenvalue weighted by Gasteiger charge is 2.37. The average molecular weight is 369 g/mol. The van der Waals surface area contributed by atoms with Gasteiger partial charge in [-0.05, 0) is 41.5 Å². The van der Waals surface area contributed by atoms with Crippen molar-refractivity contribution in [2.75, 3.05) is 20.3 Å². The third-order valence-corrected chi connectivity index (χ3v) is 2.78. The van der Waals surface area contributed by atoms with Crippen molar-refractivity contribution in [1.29, 1.82) is 0 Å². The lowest BCUT2D eigenvalue weighted by atomic mass is 10.1. The quantitative estimate of drug-likeness (QED) is 0.724. The zero-order chi connectivity index (χ0) is 20.1. The Morgan fingerprint density at radius 1 is 1.04 bits per heavy atom. The number of carbonyl (C=O) groups excluding carboxylic acids is 2. The molecule has 0 rings (SSSR count). The molecule has 0 aliphatic rings. The molecule has 1 amide bonds. The number of alkyl halides is 2. The molecule has 0 bridgehead atoms. The SMILES string of the molecule is CN(C(=O)OC(C)(C)C)[C@H](COC(=O)OC(C)(C)C)CC(F)(F)CO. The lowest BCUT2D eigenvalue weighted by molar-refractivity contribution is -0.0828. The molecule has 0 saturated carbocycles. The maximum Gasteiger partial charge on any atom is 0.508 e.